The van der Waals surface area contributed by atoms with E-state index in [0.717, 1.165) is 34.0 Å². The number of nitrogens with zero attached hydrogens (tertiary/aromatic N) is 1. The Morgan fingerprint density at radius 3 is 1.84 bits per heavy atom. The molecule has 0 saturated carbocycles. The number of nitrogens with one attached hydrogen (secondary N) is 1. The molecular formula is C27H24N2O3. The molecule has 2 N–H and O–H groups in total. The molecule has 0 bridgehead atoms. The van der Waals surface area contributed by atoms with Crippen molar-refractivity contribution in [3.05, 3.63) is 95.3 Å². The minimum Gasteiger partial charge on any atom is -0.507 e. The Labute approximate surface area is 187 Å². The van der Waals surface area contributed by atoms with Crippen molar-refractivity contribution in [2.75, 3.05) is 14.2 Å². The van der Waals surface area contributed by atoms with Gasteiger partial charge in [-0.3, -0.25) is 0 Å². The van der Waals surface area contributed by atoms with E-state index < -0.39 is 0 Å². The molecular weight excluding hydrogens is 400 g/mol. The third-order valence-corrected chi connectivity index (χ3v) is 5.03. The van der Waals surface area contributed by atoms with Crippen molar-refractivity contribution < 1.29 is 14.6 Å². The van der Waals surface area contributed by atoms with E-state index in [2.05, 4.69) is 4.98 Å². The molecule has 5 heteroatoms. The van der Waals surface area contributed by atoms with E-state index >= 15 is 0 Å². The van der Waals surface area contributed by atoms with Gasteiger partial charge in [-0.2, -0.15) is 0 Å². The fourth-order valence-electron chi connectivity index (χ4n) is 3.24. The van der Waals surface area contributed by atoms with E-state index in [1.807, 2.05) is 85.0 Å². The summed E-state index contributed by atoms with van der Waals surface area (Å²) in [6.45, 7) is 0. The van der Waals surface area contributed by atoms with Crippen molar-refractivity contribution in [1.82, 2.24) is 9.97 Å². The number of phenolic OH excluding ortho intramolecular Hbond substituents is 1. The number of hydrogen-bond donors (Lipinski definition) is 2. The van der Waals surface area contributed by atoms with Crippen molar-refractivity contribution in [2.45, 2.75) is 0 Å². The van der Waals surface area contributed by atoms with Gasteiger partial charge < -0.3 is 19.6 Å². The summed E-state index contributed by atoms with van der Waals surface area (Å²) < 4.78 is 10.4. The number of aromatic hydroxyl groups is 1. The summed E-state index contributed by atoms with van der Waals surface area (Å²) in [4.78, 5) is 8.06. The van der Waals surface area contributed by atoms with Crippen LogP contribution in [0.15, 0.2) is 72.8 Å². The highest BCUT2D eigenvalue weighted by molar-refractivity contribution is 5.79. The maximum atomic E-state index is 10.3. The van der Waals surface area contributed by atoms with Crippen LogP contribution in [-0.4, -0.2) is 29.3 Å². The summed E-state index contributed by atoms with van der Waals surface area (Å²) in [6.07, 6.45) is 7.93. The lowest BCUT2D eigenvalue weighted by Gasteiger charge is -1.99. The number of imidazole rings is 1. The van der Waals surface area contributed by atoms with Crippen LogP contribution in [0.25, 0.3) is 35.7 Å². The maximum absolute atomic E-state index is 10.3. The lowest BCUT2D eigenvalue weighted by atomic mass is 10.1. The smallest absolute Gasteiger partial charge is 0.142 e. The molecule has 4 aromatic rings. The van der Waals surface area contributed by atoms with Crippen LogP contribution in [0.1, 0.15) is 22.5 Å². The topological polar surface area (TPSA) is 67.4 Å². The second-order valence-electron chi connectivity index (χ2n) is 7.11. The molecule has 32 heavy (non-hydrogen) atoms. The first-order chi connectivity index (χ1) is 15.7. The van der Waals surface area contributed by atoms with Gasteiger partial charge in [0.25, 0.3) is 0 Å². The molecule has 0 aliphatic carbocycles. The highest BCUT2D eigenvalue weighted by Gasteiger charge is 2.11. The number of H-pyrrole nitrogens is 1. The zero-order chi connectivity index (χ0) is 22.3. The number of para-hydroxylation sites is 1. The summed E-state index contributed by atoms with van der Waals surface area (Å²) in [5, 5.41) is 10.3. The molecule has 5 nitrogen and oxygen atoms in total. The number of benzene rings is 3. The fourth-order valence-corrected chi connectivity index (χ4v) is 3.24. The summed E-state index contributed by atoms with van der Waals surface area (Å²) in [7, 11) is 3.30. The molecule has 3 aromatic carbocycles. The standard InChI is InChI=1S/C27H24N2O3/c1-31-21-13-7-19(8-14-21)11-17-24-25(18-12-20-9-15-22(32-2)16-10-20)29-27(28-24)23-5-3-4-6-26(23)30/h3-18,30H,1-2H3,(H,28,29)/b17-11+,18-12+. The van der Waals surface area contributed by atoms with Gasteiger partial charge in [-0.05, 0) is 59.7 Å². The van der Waals surface area contributed by atoms with Crippen molar-refractivity contribution in [3.8, 4) is 28.6 Å². The van der Waals surface area contributed by atoms with Crippen molar-refractivity contribution in [3.63, 3.8) is 0 Å². The summed E-state index contributed by atoms with van der Waals surface area (Å²) in [6, 6.07) is 22.8. The normalized spacial score (nSPS) is 11.3. The molecule has 0 aliphatic heterocycles. The number of aromatic amines is 1. The molecule has 0 radical (unpaired) electrons. The first kappa shape index (κ1) is 21.0. The molecule has 1 aromatic heterocycles. The van der Waals surface area contributed by atoms with Gasteiger partial charge in [-0.25, -0.2) is 4.98 Å². The van der Waals surface area contributed by atoms with Gasteiger partial charge in [0.2, 0.25) is 0 Å². The van der Waals surface area contributed by atoms with Gasteiger partial charge in [-0.1, -0.05) is 48.6 Å². The summed E-state index contributed by atoms with van der Waals surface area (Å²) in [5.74, 6) is 2.41. The van der Waals surface area contributed by atoms with Crippen molar-refractivity contribution in [1.29, 1.82) is 0 Å². The van der Waals surface area contributed by atoms with E-state index in [1.165, 1.54) is 0 Å². The average molecular weight is 425 g/mol. The minimum atomic E-state index is 0.178. The van der Waals surface area contributed by atoms with Crippen LogP contribution in [0.2, 0.25) is 0 Å². The highest BCUT2D eigenvalue weighted by atomic mass is 16.5. The molecule has 0 amide bonds. The lowest BCUT2D eigenvalue weighted by Crippen LogP contribution is -1.82. The number of methoxy groups -OCH3 is 2. The largest absolute Gasteiger partial charge is 0.507 e. The Morgan fingerprint density at radius 1 is 0.719 bits per heavy atom. The predicted molar refractivity (Wildman–Crippen MR) is 130 cm³/mol. The quantitative estimate of drug-likeness (QED) is 0.374. The van der Waals surface area contributed by atoms with Crippen LogP contribution in [0.5, 0.6) is 17.2 Å². The Morgan fingerprint density at radius 2 is 1.28 bits per heavy atom. The molecule has 0 unspecified atom stereocenters. The average Bonchev–Trinajstić information content (AvgIpc) is 3.25. The SMILES string of the molecule is COc1ccc(/C=C/c2nc(-c3ccccc3O)[nH]c2/C=C/c2ccc(OC)cc2)cc1. The molecule has 0 fully saturated rings. The molecule has 1 heterocycles. The second-order valence-corrected chi connectivity index (χ2v) is 7.11. The number of ether oxygens (including phenoxy) is 2. The summed E-state index contributed by atoms with van der Waals surface area (Å²) in [5.41, 5.74) is 4.32. The second kappa shape index (κ2) is 9.71. The molecule has 0 saturated heterocycles. The Balaban J connectivity index is 1.68. The zero-order valence-corrected chi connectivity index (χ0v) is 17.9. The van der Waals surface area contributed by atoms with Gasteiger partial charge in [0.15, 0.2) is 0 Å². The molecule has 4 rings (SSSR count). The van der Waals surface area contributed by atoms with E-state index in [1.54, 1.807) is 26.4 Å². The maximum Gasteiger partial charge on any atom is 0.142 e. The Hall–Kier alpha value is -4.25. The van der Waals surface area contributed by atoms with Crippen LogP contribution < -0.4 is 9.47 Å². The number of phenols is 1. The highest BCUT2D eigenvalue weighted by Crippen LogP contribution is 2.28. The first-order valence-corrected chi connectivity index (χ1v) is 10.2. The summed E-state index contributed by atoms with van der Waals surface area (Å²) >= 11 is 0. The van der Waals surface area contributed by atoms with Gasteiger partial charge in [0.05, 0.1) is 31.2 Å². The molecule has 0 atom stereocenters. The van der Waals surface area contributed by atoms with Gasteiger partial charge in [-0.15, -0.1) is 0 Å². The number of hydrogen-bond acceptors (Lipinski definition) is 4. The fraction of sp³-hybridized carbons (Fsp3) is 0.0741. The Kier molecular flexibility index (Phi) is 6.37. The van der Waals surface area contributed by atoms with E-state index in [4.69, 9.17) is 14.5 Å². The Bertz CT molecular complexity index is 1160. The van der Waals surface area contributed by atoms with Crippen LogP contribution in [0.4, 0.5) is 0 Å². The van der Waals surface area contributed by atoms with Crippen LogP contribution >= 0.6 is 0 Å². The van der Waals surface area contributed by atoms with E-state index in [9.17, 15) is 5.11 Å². The van der Waals surface area contributed by atoms with Crippen molar-refractivity contribution in [2.24, 2.45) is 0 Å². The predicted octanol–water partition coefficient (Wildman–Crippen LogP) is 6.14. The van der Waals surface area contributed by atoms with Crippen LogP contribution in [0, 0.1) is 0 Å². The first-order valence-electron chi connectivity index (χ1n) is 10.2. The zero-order valence-electron chi connectivity index (χ0n) is 17.9. The monoisotopic (exact) mass is 424 g/mol. The van der Waals surface area contributed by atoms with E-state index in [-0.39, 0.29) is 5.75 Å². The van der Waals surface area contributed by atoms with Gasteiger partial charge >= 0.3 is 0 Å². The van der Waals surface area contributed by atoms with Crippen molar-refractivity contribution >= 4 is 24.3 Å². The van der Waals surface area contributed by atoms with Crippen LogP contribution in [0.3, 0.4) is 0 Å². The lowest BCUT2D eigenvalue weighted by molar-refractivity contribution is 0.414. The number of rotatable bonds is 7. The minimum absolute atomic E-state index is 0.178. The van der Waals surface area contributed by atoms with Gasteiger partial charge in [0.1, 0.15) is 23.1 Å². The third kappa shape index (κ3) is 4.90. The van der Waals surface area contributed by atoms with E-state index in [0.29, 0.717) is 11.4 Å². The third-order valence-electron chi connectivity index (χ3n) is 5.03. The van der Waals surface area contributed by atoms with Crippen LogP contribution in [-0.2, 0) is 0 Å². The number of aromatic nitrogens is 2. The molecule has 0 aliphatic rings. The molecule has 0 spiro atoms. The molecule has 160 valence electrons. The van der Waals surface area contributed by atoms with Gasteiger partial charge in [0, 0.05) is 0 Å².